The molecule has 0 aliphatic heterocycles. The average Bonchev–Trinajstić information content (AvgIpc) is 2.18. The molecule has 0 saturated carbocycles. The lowest BCUT2D eigenvalue weighted by Crippen LogP contribution is -1.94. The van der Waals surface area contributed by atoms with Gasteiger partial charge in [0, 0.05) is 12.0 Å². The maximum Gasteiger partial charge on any atom is 0.0442 e. The molecule has 14 heavy (non-hydrogen) atoms. The fourth-order valence-corrected chi connectivity index (χ4v) is 1.40. The predicted molar refractivity (Wildman–Crippen MR) is 60.9 cm³/mol. The van der Waals surface area contributed by atoms with Gasteiger partial charge in [0.2, 0.25) is 0 Å². The average molecular weight is 187 g/mol. The van der Waals surface area contributed by atoms with Gasteiger partial charge in [0.25, 0.3) is 0 Å². The molecule has 1 heteroatoms. The molecular formula is C13H17N. The number of nitrogens with two attached hydrogens (primary N) is 1. The van der Waals surface area contributed by atoms with E-state index in [1.165, 1.54) is 11.1 Å². The minimum absolute atomic E-state index is 0.221. The first kappa shape index (κ1) is 10.7. The van der Waals surface area contributed by atoms with Crippen LogP contribution >= 0.6 is 0 Å². The van der Waals surface area contributed by atoms with Crippen LogP contribution in [0.1, 0.15) is 43.7 Å². The summed E-state index contributed by atoms with van der Waals surface area (Å²) < 4.78 is 0. The van der Waals surface area contributed by atoms with Crippen LogP contribution < -0.4 is 5.73 Å². The van der Waals surface area contributed by atoms with Crippen LogP contribution in [0, 0.1) is 12.0 Å². The lowest BCUT2D eigenvalue weighted by Gasteiger charge is -2.09. The van der Waals surface area contributed by atoms with E-state index in [9.17, 15) is 0 Å². The SMILES string of the molecule is CC(C)c1cccc(C(C)C#CN)c1. The Morgan fingerprint density at radius 3 is 2.36 bits per heavy atom. The van der Waals surface area contributed by atoms with E-state index in [2.05, 4.69) is 57.0 Å². The van der Waals surface area contributed by atoms with Crippen LogP contribution in [-0.2, 0) is 0 Å². The zero-order valence-electron chi connectivity index (χ0n) is 9.04. The molecular weight excluding hydrogens is 170 g/mol. The van der Waals surface area contributed by atoms with Crippen LogP contribution in [0.15, 0.2) is 24.3 Å². The second-order valence-electron chi connectivity index (χ2n) is 3.84. The quantitative estimate of drug-likeness (QED) is 0.559. The molecule has 0 aliphatic carbocycles. The summed E-state index contributed by atoms with van der Waals surface area (Å²) in [4.78, 5) is 0. The van der Waals surface area contributed by atoms with Crippen LogP contribution in [0.5, 0.6) is 0 Å². The molecule has 0 heterocycles. The minimum Gasteiger partial charge on any atom is -0.359 e. The molecule has 74 valence electrons. The second-order valence-corrected chi connectivity index (χ2v) is 3.84. The van der Waals surface area contributed by atoms with E-state index in [-0.39, 0.29) is 5.92 Å². The summed E-state index contributed by atoms with van der Waals surface area (Å²) in [5.74, 6) is 3.74. The van der Waals surface area contributed by atoms with Crippen molar-refractivity contribution in [3.05, 3.63) is 35.4 Å². The number of hydrogen-bond donors (Lipinski definition) is 1. The molecule has 0 aromatic heterocycles. The summed E-state index contributed by atoms with van der Waals surface area (Å²) in [7, 11) is 0. The van der Waals surface area contributed by atoms with E-state index in [0.717, 1.165) is 0 Å². The molecule has 0 fully saturated rings. The van der Waals surface area contributed by atoms with Gasteiger partial charge in [-0.3, -0.25) is 0 Å². The van der Waals surface area contributed by atoms with E-state index in [4.69, 9.17) is 5.73 Å². The van der Waals surface area contributed by atoms with Crippen molar-refractivity contribution >= 4 is 0 Å². The molecule has 1 rings (SSSR count). The Labute approximate surface area is 86.3 Å². The van der Waals surface area contributed by atoms with Crippen molar-refractivity contribution in [2.75, 3.05) is 0 Å². The molecule has 0 radical (unpaired) electrons. The topological polar surface area (TPSA) is 26.0 Å². The smallest absolute Gasteiger partial charge is 0.0442 e. The van der Waals surface area contributed by atoms with E-state index in [1.807, 2.05) is 0 Å². The maximum atomic E-state index is 5.20. The zero-order chi connectivity index (χ0) is 10.6. The predicted octanol–water partition coefficient (Wildman–Crippen LogP) is 2.83. The first-order valence-electron chi connectivity index (χ1n) is 4.96. The molecule has 1 atom stereocenters. The summed E-state index contributed by atoms with van der Waals surface area (Å²) in [5, 5.41) is 0. The highest BCUT2D eigenvalue weighted by Gasteiger charge is 2.04. The van der Waals surface area contributed by atoms with Gasteiger partial charge in [-0.1, -0.05) is 44.0 Å². The van der Waals surface area contributed by atoms with Crippen molar-refractivity contribution in [3.63, 3.8) is 0 Å². The Morgan fingerprint density at radius 1 is 1.14 bits per heavy atom. The molecule has 0 saturated heterocycles. The Bertz CT molecular complexity index is 355. The van der Waals surface area contributed by atoms with Gasteiger partial charge in [-0.25, -0.2) is 0 Å². The van der Waals surface area contributed by atoms with Gasteiger partial charge in [0.15, 0.2) is 0 Å². The minimum atomic E-state index is 0.221. The van der Waals surface area contributed by atoms with Gasteiger partial charge < -0.3 is 5.73 Å². The maximum absolute atomic E-state index is 5.20. The molecule has 1 unspecified atom stereocenters. The van der Waals surface area contributed by atoms with E-state index in [0.29, 0.717) is 5.92 Å². The number of rotatable bonds is 2. The second kappa shape index (κ2) is 4.72. The lowest BCUT2D eigenvalue weighted by molar-refractivity contribution is 0.858. The summed E-state index contributed by atoms with van der Waals surface area (Å²) >= 11 is 0. The molecule has 1 aromatic carbocycles. The molecule has 1 aromatic rings. The van der Waals surface area contributed by atoms with Crippen LogP contribution in [0.4, 0.5) is 0 Å². The fourth-order valence-electron chi connectivity index (χ4n) is 1.40. The standard InChI is InChI=1S/C13H17N/c1-10(2)12-5-4-6-13(9-12)11(3)7-8-14/h4-6,9-11H,14H2,1-3H3. The van der Waals surface area contributed by atoms with Gasteiger partial charge in [-0.05, 0) is 24.0 Å². The van der Waals surface area contributed by atoms with Crippen LogP contribution in [-0.4, -0.2) is 0 Å². The lowest BCUT2D eigenvalue weighted by atomic mass is 9.95. The van der Waals surface area contributed by atoms with Crippen molar-refractivity contribution in [3.8, 4) is 12.0 Å². The van der Waals surface area contributed by atoms with Crippen molar-refractivity contribution in [1.29, 1.82) is 0 Å². The third-order valence-corrected chi connectivity index (χ3v) is 2.38. The number of benzene rings is 1. The monoisotopic (exact) mass is 187 g/mol. The Morgan fingerprint density at radius 2 is 1.79 bits per heavy atom. The van der Waals surface area contributed by atoms with Gasteiger partial charge in [-0.15, -0.1) is 0 Å². The highest BCUT2D eigenvalue weighted by molar-refractivity contribution is 5.32. The molecule has 1 nitrogen and oxygen atoms in total. The molecule has 0 amide bonds. The molecule has 2 N–H and O–H groups in total. The molecule has 0 aliphatic rings. The highest BCUT2D eigenvalue weighted by atomic mass is 14.5. The van der Waals surface area contributed by atoms with Gasteiger partial charge >= 0.3 is 0 Å². The van der Waals surface area contributed by atoms with Crippen LogP contribution in [0.25, 0.3) is 0 Å². The third kappa shape index (κ3) is 2.53. The normalized spacial score (nSPS) is 12.0. The Hall–Kier alpha value is -1.42. The van der Waals surface area contributed by atoms with E-state index in [1.54, 1.807) is 0 Å². The number of hydrogen-bond acceptors (Lipinski definition) is 1. The summed E-state index contributed by atoms with van der Waals surface area (Å²) in [5.41, 5.74) is 7.80. The van der Waals surface area contributed by atoms with Crippen molar-refractivity contribution in [2.45, 2.75) is 32.6 Å². The first-order chi connectivity index (χ1) is 6.65. The Kier molecular flexibility index (Phi) is 3.59. The summed E-state index contributed by atoms with van der Waals surface area (Å²) in [6, 6.07) is 11.0. The molecule has 0 spiro atoms. The largest absolute Gasteiger partial charge is 0.359 e. The summed E-state index contributed by atoms with van der Waals surface area (Å²) in [6.45, 7) is 6.45. The Balaban J connectivity index is 2.97. The van der Waals surface area contributed by atoms with Gasteiger partial charge in [-0.2, -0.15) is 0 Å². The first-order valence-corrected chi connectivity index (χ1v) is 4.96. The van der Waals surface area contributed by atoms with Crippen molar-refractivity contribution in [2.24, 2.45) is 5.73 Å². The third-order valence-electron chi connectivity index (χ3n) is 2.38. The van der Waals surface area contributed by atoms with Gasteiger partial charge in [0.05, 0.1) is 0 Å². The fraction of sp³-hybridized carbons (Fsp3) is 0.385. The van der Waals surface area contributed by atoms with Gasteiger partial charge in [0.1, 0.15) is 0 Å². The van der Waals surface area contributed by atoms with Crippen molar-refractivity contribution < 1.29 is 0 Å². The zero-order valence-corrected chi connectivity index (χ0v) is 9.04. The highest BCUT2D eigenvalue weighted by Crippen LogP contribution is 2.20. The van der Waals surface area contributed by atoms with Crippen LogP contribution in [0.2, 0.25) is 0 Å². The van der Waals surface area contributed by atoms with Crippen LogP contribution in [0.3, 0.4) is 0 Å². The van der Waals surface area contributed by atoms with E-state index >= 15 is 0 Å². The summed E-state index contributed by atoms with van der Waals surface area (Å²) in [6.07, 6.45) is 0. The van der Waals surface area contributed by atoms with Crippen molar-refractivity contribution in [1.82, 2.24) is 0 Å². The van der Waals surface area contributed by atoms with E-state index < -0.39 is 0 Å². The molecule has 0 bridgehead atoms.